The smallest absolute Gasteiger partial charge is 0.293 e. The van der Waals surface area contributed by atoms with E-state index in [2.05, 4.69) is 24.1 Å². The van der Waals surface area contributed by atoms with Gasteiger partial charge in [0.15, 0.2) is 0 Å². The van der Waals surface area contributed by atoms with Crippen molar-refractivity contribution in [1.82, 2.24) is 9.80 Å². The molecular formula is C22H34N4O4. The fourth-order valence-electron chi connectivity index (χ4n) is 4.34. The van der Waals surface area contributed by atoms with Crippen LogP contribution in [0.1, 0.15) is 49.9 Å². The molecule has 0 aromatic heterocycles. The summed E-state index contributed by atoms with van der Waals surface area (Å²) in [6.07, 6.45) is 4.97. The molecule has 1 amide bonds. The number of carbonyl (C=O) groups is 1. The minimum Gasteiger partial charge on any atom is -0.378 e. The van der Waals surface area contributed by atoms with Gasteiger partial charge in [-0.15, -0.1) is 0 Å². The maximum atomic E-state index is 12.7. The van der Waals surface area contributed by atoms with Crippen LogP contribution in [-0.2, 0) is 4.74 Å². The summed E-state index contributed by atoms with van der Waals surface area (Å²) in [6.45, 7) is 9.25. The normalized spacial score (nSPS) is 19.4. The second-order valence-electron chi connectivity index (χ2n) is 8.54. The van der Waals surface area contributed by atoms with E-state index in [0.717, 1.165) is 13.1 Å². The van der Waals surface area contributed by atoms with Gasteiger partial charge in [-0.3, -0.25) is 19.8 Å². The highest BCUT2D eigenvalue weighted by Crippen LogP contribution is 2.27. The number of nitro groups is 1. The number of hydrogen-bond acceptors (Lipinski definition) is 6. The van der Waals surface area contributed by atoms with Crippen molar-refractivity contribution in [1.29, 1.82) is 0 Å². The molecule has 2 aliphatic heterocycles. The Morgan fingerprint density at radius 1 is 1.13 bits per heavy atom. The predicted molar refractivity (Wildman–Crippen MR) is 117 cm³/mol. The molecule has 8 heteroatoms. The Labute approximate surface area is 178 Å². The molecule has 3 rings (SSSR count). The Bertz CT molecular complexity index is 726. The Balaban J connectivity index is 1.72. The van der Waals surface area contributed by atoms with E-state index in [1.807, 2.05) is 0 Å². The topological polar surface area (TPSA) is 88.0 Å². The number of nitrogens with zero attached hydrogens (tertiary/aromatic N) is 3. The lowest BCUT2D eigenvalue weighted by Gasteiger charge is -2.34. The van der Waals surface area contributed by atoms with Gasteiger partial charge in [0.2, 0.25) is 0 Å². The third-order valence-corrected chi connectivity index (χ3v) is 6.12. The van der Waals surface area contributed by atoms with Crippen LogP contribution in [0, 0.1) is 16.0 Å². The summed E-state index contributed by atoms with van der Waals surface area (Å²) >= 11 is 0. The summed E-state index contributed by atoms with van der Waals surface area (Å²) < 4.78 is 5.28. The fourth-order valence-corrected chi connectivity index (χ4v) is 4.34. The van der Waals surface area contributed by atoms with Gasteiger partial charge < -0.3 is 15.0 Å². The summed E-state index contributed by atoms with van der Waals surface area (Å²) in [4.78, 5) is 28.2. The first-order chi connectivity index (χ1) is 14.5. The number of nitro benzene ring substituents is 1. The van der Waals surface area contributed by atoms with E-state index in [4.69, 9.17) is 4.74 Å². The minimum atomic E-state index is -0.408. The summed E-state index contributed by atoms with van der Waals surface area (Å²) in [7, 11) is 0. The van der Waals surface area contributed by atoms with Crippen molar-refractivity contribution in [3.05, 3.63) is 33.9 Å². The monoisotopic (exact) mass is 418 g/mol. The minimum absolute atomic E-state index is 0.0486. The van der Waals surface area contributed by atoms with E-state index >= 15 is 0 Å². The number of benzene rings is 1. The zero-order valence-electron chi connectivity index (χ0n) is 18.1. The molecule has 0 aliphatic carbocycles. The van der Waals surface area contributed by atoms with Gasteiger partial charge in [0.1, 0.15) is 5.69 Å². The number of nitrogens with one attached hydrogen (secondary N) is 1. The van der Waals surface area contributed by atoms with Crippen molar-refractivity contribution in [2.24, 2.45) is 5.92 Å². The SMILES string of the molecule is CC(C)[C@H](CNc1ccc(C(=O)N2CCOCC2)cc1[N+](=O)[O-])N1CCCCCC1. The van der Waals surface area contributed by atoms with E-state index in [1.54, 1.807) is 17.0 Å². The van der Waals surface area contributed by atoms with Gasteiger partial charge >= 0.3 is 0 Å². The third kappa shape index (κ3) is 5.70. The van der Waals surface area contributed by atoms with Crippen molar-refractivity contribution in [2.75, 3.05) is 51.3 Å². The molecule has 1 aromatic rings. The number of hydrogen-bond donors (Lipinski definition) is 1. The molecular weight excluding hydrogens is 384 g/mol. The van der Waals surface area contributed by atoms with Crippen LogP contribution in [0.2, 0.25) is 0 Å². The zero-order chi connectivity index (χ0) is 21.5. The molecule has 0 radical (unpaired) electrons. The maximum absolute atomic E-state index is 12.7. The third-order valence-electron chi connectivity index (χ3n) is 6.12. The molecule has 0 spiro atoms. The second-order valence-corrected chi connectivity index (χ2v) is 8.54. The van der Waals surface area contributed by atoms with Crippen molar-refractivity contribution in [2.45, 2.75) is 45.6 Å². The Morgan fingerprint density at radius 2 is 1.80 bits per heavy atom. The molecule has 0 saturated carbocycles. The number of likely N-dealkylation sites (tertiary alicyclic amines) is 1. The first-order valence-electron chi connectivity index (χ1n) is 11.1. The second kappa shape index (κ2) is 10.7. The van der Waals surface area contributed by atoms with Crippen LogP contribution in [0.4, 0.5) is 11.4 Å². The first kappa shape index (κ1) is 22.5. The lowest BCUT2D eigenvalue weighted by molar-refractivity contribution is -0.384. The highest BCUT2D eigenvalue weighted by Gasteiger charge is 2.25. The van der Waals surface area contributed by atoms with Crippen LogP contribution < -0.4 is 5.32 Å². The number of carbonyl (C=O) groups excluding carboxylic acids is 1. The van der Waals surface area contributed by atoms with Gasteiger partial charge in [-0.05, 0) is 44.0 Å². The standard InChI is InChI=1S/C22H34N4O4/c1-17(2)21(24-9-5-3-4-6-10-24)16-23-19-8-7-18(15-20(19)26(28)29)22(27)25-11-13-30-14-12-25/h7-8,15,17,21,23H,3-6,9-14,16H2,1-2H3/t21-/m0/s1. The van der Waals surface area contributed by atoms with Crippen LogP contribution in [0.3, 0.4) is 0 Å². The van der Waals surface area contributed by atoms with Crippen LogP contribution in [-0.4, -0.2) is 72.6 Å². The average Bonchev–Trinajstić information content (AvgIpc) is 3.03. The zero-order valence-corrected chi connectivity index (χ0v) is 18.1. The molecule has 166 valence electrons. The number of rotatable bonds is 7. The Morgan fingerprint density at radius 3 is 2.40 bits per heavy atom. The Kier molecular flexibility index (Phi) is 8.04. The highest BCUT2D eigenvalue weighted by molar-refractivity contribution is 5.95. The van der Waals surface area contributed by atoms with Gasteiger partial charge in [-0.1, -0.05) is 26.7 Å². The van der Waals surface area contributed by atoms with Crippen molar-refractivity contribution < 1.29 is 14.5 Å². The van der Waals surface area contributed by atoms with Crippen molar-refractivity contribution in [3.8, 4) is 0 Å². The van der Waals surface area contributed by atoms with Gasteiger partial charge in [-0.2, -0.15) is 0 Å². The van der Waals surface area contributed by atoms with Crippen LogP contribution in [0.25, 0.3) is 0 Å². The van der Waals surface area contributed by atoms with Gasteiger partial charge in [0.25, 0.3) is 11.6 Å². The first-order valence-corrected chi connectivity index (χ1v) is 11.1. The van der Waals surface area contributed by atoms with Gasteiger partial charge in [0, 0.05) is 37.3 Å². The lowest BCUT2D eigenvalue weighted by Crippen LogP contribution is -2.44. The molecule has 1 atom stereocenters. The molecule has 2 fully saturated rings. The van der Waals surface area contributed by atoms with Crippen molar-refractivity contribution in [3.63, 3.8) is 0 Å². The maximum Gasteiger partial charge on any atom is 0.293 e. The molecule has 2 saturated heterocycles. The van der Waals surface area contributed by atoms with Gasteiger partial charge in [0.05, 0.1) is 18.1 Å². The summed E-state index contributed by atoms with van der Waals surface area (Å²) in [5.74, 6) is 0.259. The molecule has 0 bridgehead atoms. The van der Waals surface area contributed by atoms with E-state index in [1.165, 1.54) is 31.7 Å². The van der Waals surface area contributed by atoms with E-state index in [0.29, 0.717) is 56.1 Å². The van der Waals surface area contributed by atoms with Crippen molar-refractivity contribution >= 4 is 17.3 Å². The van der Waals surface area contributed by atoms with Crippen LogP contribution in [0.5, 0.6) is 0 Å². The van der Waals surface area contributed by atoms with E-state index < -0.39 is 4.92 Å². The van der Waals surface area contributed by atoms with E-state index in [-0.39, 0.29) is 11.6 Å². The van der Waals surface area contributed by atoms with Crippen LogP contribution >= 0.6 is 0 Å². The number of ether oxygens (including phenoxy) is 1. The molecule has 2 aliphatic rings. The molecule has 0 unspecified atom stereocenters. The molecule has 1 N–H and O–H groups in total. The highest BCUT2D eigenvalue weighted by atomic mass is 16.6. The quantitative estimate of drug-likeness (QED) is 0.539. The lowest BCUT2D eigenvalue weighted by atomic mass is 10.0. The molecule has 30 heavy (non-hydrogen) atoms. The molecule has 8 nitrogen and oxygen atoms in total. The predicted octanol–water partition coefficient (Wildman–Crippen LogP) is 3.38. The fraction of sp³-hybridized carbons (Fsp3) is 0.682. The summed E-state index contributed by atoms with van der Waals surface area (Å²) in [5, 5.41) is 15.0. The summed E-state index contributed by atoms with van der Waals surface area (Å²) in [5.41, 5.74) is 0.772. The largest absolute Gasteiger partial charge is 0.378 e. The number of amides is 1. The average molecular weight is 419 g/mol. The molecule has 1 aromatic carbocycles. The van der Waals surface area contributed by atoms with Crippen LogP contribution in [0.15, 0.2) is 18.2 Å². The Hall–Kier alpha value is -2.19. The number of anilines is 1. The summed E-state index contributed by atoms with van der Waals surface area (Å²) in [6, 6.07) is 5.07. The molecule has 2 heterocycles. The van der Waals surface area contributed by atoms with Gasteiger partial charge in [-0.25, -0.2) is 0 Å². The number of morpholine rings is 1. The van der Waals surface area contributed by atoms with E-state index in [9.17, 15) is 14.9 Å².